The second-order valence-corrected chi connectivity index (χ2v) is 6.80. The highest BCUT2D eigenvalue weighted by Gasteiger charge is 2.20. The topological polar surface area (TPSA) is 92.5 Å². The monoisotopic (exact) mass is 263 g/mol. The quantitative estimate of drug-likeness (QED) is 0.657. The van der Waals surface area contributed by atoms with Gasteiger partial charge in [-0.25, -0.2) is 13.2 Å². The lowest BCUT2D eigenvalue weighted by molar-refractivity contribution is 0.185. The molecule has 0 aromatic carbocycles. The summed E-state index contributed by atoms with van der Waals surface area (Å²) in [5, 5.41) is 3.31. The first-order valence-corrected chi connectivity index (χ1v) is 7.90. The molecule has 1 aliphatic heterocycles. The van der Waals surface area contributed by atoms with Crippen molar-refractivity contribution in [1.82, 2.24) is 10.2 Å². The Bertz CT molecular complexity index is 348. The van der Waals surface area contributed by atoms with Gasteiger partial charge in [0.1, 0.15) is 9.84 Å². The maximum absolute atomic E-state index is 10.9. The predicted molar refractivity (Wildman–Crippen MR) is 66.5 cm³/mol. The minimum absolute atomic E-state index is 0.222. The van der Waals surface area contributed by atoms with Gasteiger partial charge in [0, 0.05) is 25.4 Å². The van der Waals surface area contributed by atoms with Crippen LogP contribution in [-0.2, 0) is 9.84 Å². The largest absolute Gasteiger partial charge is 0.351 e. The van der Waals surface area contributed by atoms with Crippen LogP contribution < -0.4 is 11.1 Å². The van der Waals surface area contributed by atoms with Crippen LogP contribution in [0.1, 0.15) is 19.3 Å². The molecule has 0 aliphatic carbocycles. The minimum Gasteiger partial charge on any atom is -0.351 e. The van der Waals surface area contributed by atoms with Crippen LogP contribution in [0.15, 0.2) is 0 Å². The number of carbonyl (C=O) groups excluding carboxylic acids is 1. The fourth-order valence-electron chi connectivity index (χ4n) is 1.94. The van der Waals surface area contributed by atoms with Crippen molar-refractivity contribution in [1.29, 1.82) is 0 Å². The molecule has 1 heterocycles. The molecule has 17 heavy (non-hydrogen) atoms. The van der Waals surface area contributed by atoms with Gasteiger partial charge in [0.25, 0.3) is 0 Å². The van der Waals surface area contributed by atoms with E-state index in [0.717, 1.165) is 12.8 Å². The van der Waals surface area contributed by atoms with Crippen LogP contribution in [-0.4, -0.2) is 57.0 Å². The maximum atomic E-state index is 10.9. The zero-order chi connectivity index (χ0) is 12.9. The summed E-state index contributed by atoms with van der Waals surface area (Å²) >= 11 is 0. The Balaban J connectivity index is 2.12. The number of hydrogen-bond donors (Lipinski definition) is 2. The average Bonchev–Trinajstić information content (AvgIpc) is 2.24. The molecule has 0 bridgehead atoms. The zero-order valence-electron chi connectivity index (χ0n) is 10.2. The summed E-state index contributed by atoms with van der Waals surface area (Å²) in [5.41, 5.74) is 5.18. The van der Waals surface area contributed by atoms with Crippen LogP contribution in [0.5, 0.6) is 0 Å². The van der Waals surface area contributed by atoms with E-state index in [-0.39, 0.29) is 11.8 Å². The minimum atomic E-state index is -2.86. The van der Waals surface area contributed by atoms with Gasteiger partial charge in [-0.1, -0.05) is 0 Å². The molecule has 1 fully saturated rings. The summed E-state index contributed by atoms with van der Waals surface area (Å²) in [6.07, 6.45) is 3.64. The summed E-state index contributed by atoms with van der Waals surface area (Å²) in [6, 6.07) is 0.00527. The zero-order valence-corrected chi connectivity index (χ0v) is 11.0. The normalized spacial score (nSPS) is 18.3. The third-order valence-electron chi connectivity index (χ3n) is 2.93. The molecule has 0 unspecified atom stereocenters. The second-order valence-electron chi connectivity index (χ2n) is 4.54. The lowest BCUT2D eigenvalue weighted by atomic mass is 10.1. The van der Waals surface area contributed by atoms with Gasteiger partial charge in [0.2, 0.25) is 0 Å². The molecule has 6 nitrogen and oxygen atoms in total. The Morgan fingerprint density at radius 3 is 2.47 bits per heavy atom. The summed E-state index contributed by atoms with van der Waals surface area (Å²) in [5.74, 6) is 0.222. The number of hydrogen-bond acceptors (Lipinski definition) is 4. The van der Waals surface area contributed by atoms with Crippen molar-refractivity contribution >= 4 is 15.9 Å². The van der Waals surface area contributed by atoms with Gasteiger partial charge >= 0.3 is 6.03 Å². The Morgan fingerprint density at radius 1 is 1.41 bits per heavy atom. The molecule has 0 spiro atoms. The van der Waals surface area contributed by atoms with Gasteiger partial charge < -0.3 is 16.0 Å². The second kappa shape index (κ2) is 6.20. The first-order valence-electron chi connectivity index (χ1n) is 5.84. The number of nitrogens with one attached hydrogen (secondary N) is 1. The number of nitrogens with two attached hydrogens (primary N) is 1. The van der Waals surface area contributed by atoms with E-state index in [0.29, 0.717) is 32.1 Å². The summed E-state index contributed by atoms with van der Waals surface area (Å²) in [7, 11) is -2.86. The molecule has 0 atom stereocenters. The molecule has 2 amide bonds. The van der Waals surface area contributed by atoms with E-state index < -0.39 is 9.84 Å². The van der Waals surface area contributed by atoms with E-state index in [4.69, 9.17) is 5.73 Å². The lowest BCUT2D eigenvalue weighted by Crippen LogP contribution is -2.47. The number of urea groups is 1. The average molecular weight is 263 g/mol. The predicted octanol–water partition coefficient (Wildman–Crippen LogP) is -0.446. The lowest BCUT2D eigenvalue weighted by Gasteiger charge is -2.31. The molecule has 0 radical (unpaired) electrons. The number of primary amides is 1. The van der Waals surface area contributed by atoms with Crippen molar-refractivity contribution in [3.05, 3.63) is 0 Å². The standard InChI is InChI=1S/C10H21N3O3S/c1-17(15,16)8-2-5-12-9-3-6-13(7-4-9)10(11)14/h9,12H,2-8H2,1H3,(H2,11,14). The van der Waals surface area contributed by atoms with E-state index in [1.54, 1.807) is 4.90 Å². The highest BCUT2D eigenvalue weighted by atomic mass is 32.2. The van der Waals surface area contributed by atoms with Crippen LogP contribution in [0.4, 0.5) is 4.79 Å². The van der Waals surface area contributed by atoms with E-state index in [1.165, 1.54) is 6.26 Å². The van der Waals surface area contributed by atoms with Gasteiger partial charge in [-0.05, 0) is 25.8 Å². The smallest absolute Gasteiger partial charge is 0.314 e. The molecule has 3 N–H and O–H groups in total. The molecule has 1 saturated heterocycles. The van der Waals surface area contributed by atoms with Crippen molar-refractivity contribution in [2.45, 2.75) is 25.3 Å². The number of likely N-dealkylation sites (tertiary alicyclic amines) is 1. The third kappa shape index (κ3) is 5.88. The molecule has 0 aromatic rings. The molecule has 0 aromatic heterocycles. The van der Waals surface area contributed by atoms with Gasteiger partial charge in [0.05, 0.1) is 5.75 Å². The van der Waals surface area contributed by atoms with Crippen molar-refractivity contribution in [2.75, 3.05) is 31.6 Å². The molecule has 7 heteroatoms. The summed E-state index contributed by atoms with van der Waals surface area (Å²) in [4.78, 5) is 12.5. The fraction of sp³-hybridized carbons (Fsp3) is 0.900. The number of rotatable bonds is 5. The van der Waals surface area contributed by atoms with E-state index in [2.05, 4.69) is 5.32 Å². The molecular weight excluding hydrogens is 242 g/mol. The van der Waals surface area contributed by atoms with Crippen LogP contribution in [0.2, 0.25) is 0 Å². The molecule has 1 rings (SSSR count). The van der Waals surface area contributed by atoms with Crippen LogP contribution in [0.25, 0.3) is 0 Å². The van der Waals surface area contributed by atoms with Crippen LogP contribution in [0, 0.1) is 0 Å². The Morgan fingerprint density at radius 2 is 2.00 bits per heavy atom. The number of sulfone groups is 1. The van der Waals surface area contributed by atoms with Gasteiger partial charge in [-0.2, -0.15) is 0 Å². The fourth-order valence-corrected chi connectivity index (χ4v) is 2.61. The number of carbonyl (C=O) groups is 1. The van der Waals surface area contributed by atoms with Crippen molar-refractivity contribution in [2.24, 2.45) is 5.73 Å². The summed E-state index contributed by atoms with van der Waals surface area (Å²) in [6.45, 7) is 2.06. The van der Waals surface area contributed by atoms with Crippen molar-refractivity contribution in [3.63, 3.8) is 0 Å². The highest BCUT2D eigenvalue weighted by Crippen LogP contribution is 2.09. The first kappa shape index (κ1) is 14.2. The molecular formula is C10H21N3O3S. The molecule has 0 saturated carbocycles. The van der Waals surface area contributed by atoms with E-state index >= 15 is 0 Å². The van der Waals surface area contributed by atoms with Crippen molar-refractivity contribution < 1.29 is 13.2 Å². The Kier molecular flexibility index (Phi) is 5.20. The van der Waals surface area contributed by atoms with E-state index in [1.807, 2.05) is 0 Å². The highest BCUT2D eigenvalue weighted by molar-refractivity contribution is 7.90. The van der Waals surface area contributed by atoms with Gasteiger partial charge in [-0.3, -0.25) is 0 Å². The first-order chi connectivity index (χ1) is 7.88. The maximum Gasteiger partial charge on any atom is 0.314 e. The molecule has 100 valence electrons. The number of piperidine rings is 1. The van der Waals surface area contributed by atoms with E-state index in [9.17, 15) is 13.2 Å². The van der Waals surface area contributed by atoms with Gasteiger partial charge in [-0.15, -0.1) is 0 Å². The Labute approximate surface area is 102 Å². The van der Waals surface area contributed by atoms with Gasteiger partial charge in [0.15, 0.2) is 0 Å². The molecule has 1 aliphatic rings. The number of nitrogens with zero attached hydrogens (tertiary/aromatic N) is 1. The van der Waals surface area contributed by atoms with Crippen molar-refractivity contribution in [3.8, 4) is 0 Å². The summed E-state index contributed by atoms with van der Waals surface area (Å²) < 4.78 is 21.8. The third-order valence-corrected chi connectivity index (χ3v) is 3.96. The van der Waals surface area contributed by atoms with Crippen LogP contribution in [0.3, 0.4) is 0 Å². The number of amides is 2. The SMILES string of the molecule is CS(=O)(=O)CCCNC1CCN(C(N)=O)CC1. The Hall–Kier alpha value is -0.820. The van der Waals surface area contributed by atoms with Crippen LogP contribution >= 0.6 is 0 Å².